The van der Waals surface area contributed by atoms with Gasteiger partial charge in [-0.2, -0.15) is 0 Å². The van der Waals surface area contributed by atoms with Crippen molar-refractivity contribution in [3.63, 3.8) is 0 Å². The monoisotopic (exact) mass is 257 g/mol. The van der Waals surface area contributed by atoms with Crippen LogP contribution in [0, 0.1) is 13.8 Å². The van der Waals surface area contributed by atoms with E-state index in [1.54, 1.807) is 11.3 Å². The summed E-state index contributed by atoms with van der Waals surface area (Å²) in [6.45, 7) is 3.89. The molecule has 2 aromatic heterocycles. The molecule has 2 nitrogen and oxygen atoms in total. The molecule has 0 unspecified atom stereocenters. The summed E-state index contributed by atoms with van der Waals surface area (Å²) in [4.78, 5) is 1.20. The van der Waals surface area contributed by atoms with Crippen LogP contribution in [0.2, 0.25) is 0 Å². The van der Waals surface area contributed by atoms with Gasteiger partial charge in [0.1, 0.15) is 5.76 Å². The van der Waals surface area contributed by atoms with Gasteiger partial charge < -0.3 is 4.52 Å². The molecule has 0 aliphatic heterocycles. The standard InChI is InChI=1S/C9H8BrNOS/c1-5-9(6(2)12-11-5)7-3-4-8(10)13-7/h3-4H,1-2H3. The first-order valence-electron chi connectivity index (χ1n) is 3.87. The summed E-state index contributed by atoms with van der Waals surface area (Å²) in [5, 5.41) is 3.92. The first-order valence-corrected chi connectivity index (χ1v) is 5.48. The van der Waals surface area contributed by atoms with E-state index in [1.807, 2.05) is 19.9 Å². The maximum absolute atomic E-state index is 5.10. The fourth-order valence-corrected chi connectivity index (χ4v) is 2.81. The van der Waals surface area contributed by atoms with Gasteiger partial charge in [-0.25, -0.2) is 0 Å². The molecule has 2 heterocycles. The van der Waals surface area contributed by atoms with E-state index >= 15 is 0 Å². The maximum Gasteiger partial charge on any atom is 0.142 e. The second-order valence-corrected chi connectivity index (χ2v) is 5.27. The van der Waals surface area contributed by atoms with Gasteiger partial charge in [-0.05, 0) is 41.9 Å². The summed E-state index contributed by atoms with van der Waals surface area (Å²) in [5.74, 6) is 0.881. The van der Waals surface area contributed by atoms with E-state index in [0.717, 1.165) is 20.8 Å². The predicted octanol–water partition coefficient (Wildman–Crippen LogP) is 3.78. The van der Waals surface area contributed by atoms with Crippen LogP contribution in [0.25, 0.3) is 10.4 Å². The van der Waals surface area contributed by atoms with E-state index in [-0.39, 0.29) is 0 Å². The second-order valence-electron chi connectivity index (χ2n) is 2.80. The van der Waals surface area contributed by atoms with Crippen LogP contribution in [-0.2, 0) is 0 Å². The minimum atomic E-state index is 0.881. The summed E-state index contributed by atoms with van der Waals surface area (Å²) in [6.07, 6.45) is 0. The lowest BCUT2D eigenvalue weighted by Gasteiger charge is -1.92. The van der Waals surface area contributed by atoms with Gasteiger partial charge in [0.2, 0.25) is 0 Å². The van der Waals surface area contributed by atoms with Crippen molar-refractivity contribution in [3.05, 3.63) is 27.4 Å². The first kappa shape index (κ1) is 8.97. The molecule has 68 valence electrons. The molecule has 13 heavy (non-hydrogen) atoms. The Kier molecular flexibility index (Phi) is 2.26. The molecule has 0 saturated heterocycles. The summed E-state index contributed by atoms with van der Waals surface area (Å²) in [5.41, 5.74) is 2.07. The van der Waals surface area contributed by atoms with Crippen LogP contribution in [-0.4, -0.2) is 5.16 Å². The van der Waals surface area contributed by atoms with Gasteiger partial charge in [-0.1, -0.05) is 5.16 Å². The second kappa shape index (κ2) is 3.27. The lowest BCUT2D eigenvalue weighted by atomic mass is 10.2. The first-order chi connectivity index (χ1) is 6.18. The van der Waals surface area contributed by atoms with Crippen molar-refractivity contribution in [2.24, 2.45) is 0 Å². The molecular weight excluding hydrogens is 250 g/mol. The van der Waals surface area contributed by atoms with E-state index < -0.39 is 0 Å². The number of hydrogen-bond acceptors (Lipinski definition) is 3. The van der Waals surface area contributed by atoms with E-state index in [0.29, 0.717) is 0 Å². The van der Waals surface area contributed by atoms with Crippen molar-refractivity contribution >= 4 is 27.3 Å². The zero-order valence-corrected chi connectivity index (χ0v) is 9.70. The van der Waals surface area contributed by atoms with Crippen molar-refractivity contribution in [1.82, 2.24) is 5.16 Å². The molecule has 0 aliphatic carbocycles. The Balaban J connectivity index is 2.57. The summed E-state index contributed by atoms with van der Waals surface area (Å²) >= 11 is 5.12. The van der Waals surface area contributed by atoms with Crippen molar-refractivity contribution in [2.45, 2.75) is 13.8 Å². The van der Waals surface area contributed by atoms with Crippen LogP contribution in [0.1, 0.15) is 11.5 Å². The molecule has 0 bridgehead atoms. The zero-order chi connectivity index (χ0) is 9.42. The third kappa shape index (κ3) is 1.56. The predicted molar refractivity (Wildman–Crippen MR) is 57.0 cm³/mol. The van der Waals surface area contributed by atoms with Crippen molar-refractivity contribution in [1.29, 1.82) is 0 Å². The average Bonchev–Trinajstić information content (AvgIpc) is 2.60. The van der Waals surface area contributed by atoms with Crippen molar-refractivity contribution in [2.75, 3.05) is 0 Å². The molecule has 0 radical (unpaired) electrons. The molecule has 0 fully saturated rings. The Morgan fingerprint density at radius 1 is 1.38 bits per heavy atom. The third-order valence-corrected chi connectivity index (χ3v) is 3.49. The molecule has 2 aromatic rings. The fourth-order valence-electron chi connectivity index (χ4n) is 1.28. The third-order valence-electron chi connectivity index (χ3n) is 1.85. The van der Waals surface area contributed by atoms with E-state index in [4.69, 9.17) is 4.52 Å². The average molecular weight is 258 g/mol. The molecule has 0 aromatic carbocycles. The van der Waals surface area contributed by atoms with Crippen LogP contribution < -0.4 is 0 Å². The lowest BCUT2D eigenvalue weighted by molar-refractivity contribution is 0.393. The SMILES string of the molecule is Cc1noc(C)c1-c1ccc(Br)s1. The normalized spacial score (nSPS) is 10.7. The summed E-state index contributed by atoms with van der Waals surface area (Å²) in [7, 11) is 0. The Hall–Kier alpha value is -0.610. The van der Waals surface area contributed by atoms with Gasteiger partial charge in [0.15, 0.2) is 0 Å². The van der Waals surface area contributed by atoms with Gasteiger partial charge in [-0.3, -0.25) is 0 Å². The van der Waals surface area contributed by atoms with E-state index in [1.165, 1.54) is 4.88 Å². The molecule has 0 aliphatic rings. The number of hydrogen-bond donors (Lipinski definition) is 0. The minimum Gasteiger partial charge on any atom is -0.361 e. The van der Waals surface area contributed by atoms with Crippen molar-refractivity contribution in [3.8, 4) is 10.4 Å². The fraction of sp³-hybridized carbons (Fsp3) is 0.222. The lowest BCUT2D eigenvalue weighted by Crippen LogP contribution is -1.75. The molecule has 0 saturated carbocycles. The number of aromatic nitrogens is 1. The van der Waals surface area contributed by atoms with Crippen molar-refractivity contribution < 1.29 is 4.52 Å². The van der Waals surface area contributed by atoms with E-state index in [9.17, 15) is 0 Å². The molecule has 4 heteroatoms. The molecule has 2 rings (SSSR count). The van der Waals surface area contributed by atoms with Crippen LogP contribution in [0.4, 0.5) is 0 Å². The summed E-state index contributed by atoms with van der Waals surface area (Å²) in [6, 6.07) is 4.10. The number of nitrogens with zero attached hydrogens (tertiary/aromatic N) is 1. The van der Waals surface area contributed by atoms with Gasteiger partial charge in [0.05, 0.1) is 15.0 Å². The van der Waals surface area contributed by atoms with Crippen LogP contribution in [0.3, 0.4) is 0 Å². The summed E-state index contributed by atoms with van der Waals surface area (Å²) < 4.78 is 6.23. The Morgan fingerprint density at radius 3 is 2.62 bits per heavy atom. The number of aryl methyl sites for hydroxylation is 2. The quantitative estimate of drug-likeness (QED) is 0.777. The molecule has 0 amide bonds. The number of halogens is 1. The largest absolute Gasteiger partial charge is 0.361 e. The van der Waals surface area contributed by atoms with Gasteiger partial charge in [0, 0.05) is 4.88 Å². The highest BCUT2D eigenvalue weighted by Crippen LogP contribution is 2.34. The Morgan fingerprint density at radius 2 is 2.15 bits per heavy atom. The topological polar surface area (TPSA) is 26.0 Å². The molecular formula is C9H8BrNOS. The highest BCUT2D eigenvalue weighted by molar-refractivity contribution is 9.11. The number of thiophene rings is 1. The molecule has 0 spiro atoms. The van der Waals surface area contributed by atoms with Crippen LogP contribution in [0.15, 0.2) is 20.4 Å². The molecule has 0 atom stereocenters. The van der Waals surface area contributed by atoms with Crippen LogP contribution in [0.5, 0.6) is 0 Å². The smallest absolute Gasteiger partial charge is 0.142 e. The van der Waals surface area contributed by atoms with E-state index in [2.05, 4.69) is 27.2 Å². The Bertz CT molecular complexity index is 413. The molecule has 0 N–H and O–H groups in total. The highest BCUT2D eigenvalue weighted by Gasteiger charge is 2.12. The Labute approximate surface area is 88.7 Å². The van der Waals surface area contributed by atoms with Crippen LogP contribution >= 0.6 is 27.3 Å². The maximum atomic E-state index is 5.10. The van der Waals surface area contributed by atoms with Gasteiger partial charge in [-0.15, -0.1) is 11.3 Å². The highest BCUT2D eigenvalue weighted by atomic mass is 79.9. The zero-order valence-electron chi connectivity index (χ0n) is 7.30. The minimum absolute atomic E-state index is 0.881. The van der Waals surface area contributed by atoms with Gasteiger partial charge in [0.25, 0.3) is 0 Å². The number of rotatable bonds is 1. The van der Waals surface area contributed by atoms with Gasteiger partial charge >= 0.3 is 0 Å².